The van der Waals surface area contributed by atoms with Gasteiger partial charge in [-0.05, 0) is 31.9 Å². The monoisotopic (exact) mass is 354 g/mol. The van der Waals surface area contributed by atoms with Crippen molar-refractivity contribution < 1.29 is 4.79 Å². The fraction of sp³-hybridized carbons (Fsp3) is 0.611. The summed E-state index contributed by atoms with van der Waals surface area (Å²) in [6.45, 7) is 9.16. The Hall–Kier alpha value is -1.14. The van der Waals surface area contributed by atoms with Gasteiger partial charge in [-0.15, -0.1) is 12.4 Å². The highest BCUT2D eigenvalue weighted by molar-refractivity contribution is 5.85. The van der Waals surface area contributed by atoms with Gasteiger partial charge in [0.1, 0.15) is 0 Å². The van der Waals surface area contributed by atoms with Crippen molar-refractivity contribution in [2.45, 2.75) is 32.4 Å². The van der Waals surface area contributed by atoms with Gasteiger partial charge in [-0.1, -0.05) is 30.3 Å². The molecule has 0 saturated carbocycles. The average molecular weight is 355 g/mol. The number of rotatable bonds is 8. The highest BCUT2D eigenvalue weighted by Crippen LogP contribution is 2.08. The molecule has 136 valence electrons. The van der Waals surface area contributed by atoms with Crippen LogP contribution in [0.5, 0.6) is 0 Å². The minimum absolute atomic E-state index is 0. The molecule has 1 aliphatic heterocycles. The molecule has 6 heteroatoms. The first kappa shape index (κ1) is 20.9. The first-order valence-corrected chi connectivity index (χ1v) is 8.67. The Bertz CT molecular complexity index is 461. The van der Waals surface area contributed by atoms with Gasteiger partial charge < -0.3 is 16.0 Å². The predicted octanol–water partition coefficient (Wildman–Crippen LogP) is 1.47. The van der Waals surface area contributed by atoms with Gasteiger partial charge in [0.2, 0.25) is 5.91 Å². The third kappa shape index (κ3) is 7.62. The van der Waals surface area contributed by atoms with Crippen molar-refractivity contribution in [2.24, 2.45) is 5.73 Å². The van der Waals surface area contributed by atoms with Crippen molar-refractivity contribution in [3.8, 4) is 0 Å². The zero-order valence-electron chi connectivity index (χ0n) is 14.6. The van der Waals surface area contributed by atoms with Crippen LogP contribution in [-0.2, 0) is 11.3 Å². The van der Waals surface area contributed by atoms with Crippen LogP contribution in [0.3, 0.4) is 0 Å². The smallest absolute Gasteiger partial charge is 0.236 e. The predicted molar refractivity (Wildman–Crippen MR) is 101 cm³/mol. The fourth-order valence-electron chi connectivity index (χ4n) is 2.85. The number of nitrogens with zero attached hydrogens (tertiary/aromatic N) is 2. The minimum atomic E-state index is -0.410. The van der Waals surface area contributed by atoms with Crippen LogP contribution in [0.4, 0.5) is 0 Å². The lowest BCUT2D eigenvalue weighted by Crippen LogP contribution is -2.46. The average Bonchev–Trinajstić information content (AvgIpc) is 2.56. The van der Waals surface area contributed by atoms with Crippen LogP contribution >= 0.6 is 12.4 Å². The number of benzene rings is 1. The molecule has 0 spiro atoms. The SMILES string of the molecule is CC(N)C(=O)NCCCCN1CCN(Cc2ccccc2)CC1.Cl. The minimum Gasteiger partial charge on any atom is -0.355 e. The van der Waals surface area contributed by atoms with Crippen molar-refractivity contribution in [3.05, 3.63) is 35.9 Å². The van der Waals surface area contributed by atoms with Crippen LogP contribution in [-0.4, -0.2) is 61.0 Å². The Labute approximate surface area is 152 Å². The quantitative estimate of drug-likeness (QED) is 0.694. The number of carbonyl (C=O) groups excluding carboxylic acids is 1. The molecular formula is C18H31ClN4O. The molecule has 2 rings (SSSR count). The van der Waals surface area contributed by atoms with Crippen molar-refractivity contribution in [3.63, 3.8) is 0 Å². The van der Waals surface area contributed by atoms with Crippen LogP contribution < -0.4 is 11.1 Å². The van der Waals surface area contributed by atoms with Gasteiger partial charge in [-0.2, -0.15) is 0 Å². The van der Waals surface area contributed by atoms with Crippen LogP contribution in [0.15, 0.2) is 30.3 Å². The Morgan fingerprint density at radius 1 is 1.12 bits per heavy atom. The third-order valence-corrected chi connectivity index (χ3v) is 4.33. The molecule has 5 nitrogen and oxygen atoms in total. The zero-order valence-corrected chi connectivity index (χ0v) is 15.4. The maximum atomic E-state index is 11.3. The normalized spacial score (nSPS) is 17.1. The first-order chi connectivity index (χ1) is 11.1. The molecule has 0 aromatic heterocycles. The maximum absolute atomic E-state index is 11.3. The molecule has 0 bridgehead atoms. The molecule has 1 unspecified atom stereocenters. The third-order valence-electron chi connectivity index (χ3n) is 4.33. The number of nitrogens with two attached hydrogens (primary N) is 1. The van der Waals surface area contributed by atoms with Gasteiger partial charge in [0.05, 0.1) is 6.04 Å². The zero-order chi connectivity index (χ0) is 16.5. The lowest BCUT2D eigenvalue weighted by Gasteiger charge is -2.34. The summed E-state index contributed by atoms with van der Waals surface area (Å²) in [5.41, 5.74) is 6.91. The summed E-state index contributed by atoms with van der Waals surface area (Å²) >= 11 is 0. The van der Waals surface area contributed by atoms with E-state index in [9.17, 15) is 4.79 Å². The summed E-state index contributed by atoms with van der Waals surface area (Å²) in [7, 11) is 0. The summed E-state index contributed by atoms with van der Waals surface area (Å²) in [5, 5.41) is 2.86. The number of hydrogen-bond donors (Lipinski definition) is 2. The van der Waals surface area contributed by atoms with Crippen molar-refractivity contribution in [1.82, 2.24) is 15.1 Å². The highest BCUT2D eigenvalue weighted by atomic mass is 35.5. The fourth-order valence-corrected chi connectivity index (χ4v) is 2.85. The molecule has 0 aliphatic carbocycles. The first-order valence-electron chi connectivity index (χ1n) is 8.67. The lowest BCUT2D eigenvalue weighted by atomic mass is 10.2. The van der Waals surface area contributed by atoms with Gasteiger partial charge in [0.15, 0.2) is 0 Å². The molecule has 1 aliphatic rings. The van der Waals surface area contributed by atoms with E-state index in [2.05, 4.69) is 45.4 Å². The van der Waals surface area contributed by atoms with E-state index >= 15 is 0 Å². The second-order valence-electron chi connectivity index (χ2n) is 6.39. The second-order valence-corrected chi connectivity index (χ2v) is 6.39. The molecule has 1 heterocycles. The Balaban J connectivity index is 0.00000288. The number of hydrogen-bond acceptors (Lipinski definition) is 4. The molecule has 1 fully saturated rings. The Morgan fingerprint density at radius 3 is 2.38 bits per heavy atom. The molecule has 24 heavy (non-hydrogen) atoms. The second kappa shape index (κ2) is 11.4. The number of piperazine rings is 1. The summed E-state index contributed by atoms with van der Waals surface area (Å²) in [6.07, 6.45) is 2.14. The van der Waals surface area contributed by atoms with Gasteiger partial charge in [-0.25, -0.2) is 0 Å². The Kier molecular flexibility index (Phi) is 9.95. The highest BCUT2D eigenvalue weighted by Gasteiger charge is 2.16. The van der Waals surface area contributed by atoms with Crippen LogP contribution in [0.1, 0.15) is 25.3 Å². The van der Waals surface area contributed by atoms with E-state index < -0.39 is 6.04 Å². The van der Waals surface area contributed by atoms with E-state index in [1.807, 2.05) is 0 Å². The van der Waals surface area contributed by atoms with Gasteiger partial charge in [0.25, 0.3) is 0 Å². The number of nitrogens with one attached hydrogen (secondary N) is 1. The molecule has 3 N–H and O–H groups in total. The molecule has 1 saturated heterocycles. The van der Waals surface area contributed by atoms with E-state index in [-0.39, 0.29) is 18.3 Å². The summed E-state index contributed by atoms with van der Waals surface area (Å²) in [6, 6.07) is 10.3. The molecular weight excluding hydrogens is 324 g/mol. The lowest BCUT2D eigenvalue weighted by molar-refractivity contribution is -0.121. The van der Waals surface area contributed by atoms with Crippen molar-refractivity contribution in [2.75, 3.05) is 39.3 Å². The van der Waals surface area contributed by atoms with E-state index in [0.717, 1.165) is 58.7 Å². The van der Waals surface area contributed by atoms with E-state index in [1.54, 1.807) is 6.92 Å². The molecule has 1 aromatic rings. The number of amides is 1. The molecule has 1 atom stereocenters. The van der Waals surface area contributed by atoms with Crippen molar-refractivity contribution >= 4 is 18.3 Å². The van der Waals surface area contributed by atoms with Gasteiger partial charge >= 0.3 is 0 Å². The summed E-state index contributed by atoms with van der Waals surface area (Å²) < 4.78 is 0. The number of unbranched alkanes of at least 4 members (excludes halogenated alkanes) is 1. The standard InChI is InChI=1S/C18H30N4O.ClH/c1-16(19)18(23)20-9-5-6-10-21-11-13-22(14-12-21)15-17-7-3-2-4-8-17;/h2-4,7-8,16H,5-6,9-15,19H2,1H3,(H,20,23);1H. The summed E-state index contributed by atoms with van der Waals surface area (Å²) in [5.74, 6) is -0.0560. The van der Waals surface area contributed by atoms with Crippen molar-refractivity contribution in [1.29, 1.82) is 0 Å². The topological polar surface area (TPSA) is 61.6 Å². The maximum Gasteiger partial charge on any atom is 0.236 e. The van der Waals surface area contributed by atoms with E-state index in [4.69, 9.17) is 5.73 Å². The summed E-state index contributed by atoms with van der Waals surface area (Å²) in [4.78, 5) is 16.4. The largest absolute Gasteiger partial charge is 0.355 e. The van der Waals surface area contributed by atoms with Gasteiger partial charge in [0, 0.05) is 39.3 Å². The van der Waals surface area contributed by atoms with Crippen LogP contribution in [0.2, 0.25) is 0 Å². The molecule has 0 radical (unpaired) electrons. The van der Waals surface area contributed by atoms with E-state index in [0.29, 0.717) is 0 Å². The van der Waals surface area contributed by atoms with Crippen LogP contribution in [0, 0.1) is 0 Å². The molecule has 1 aromatic carbocycles. The molecule has 1 amide bonds. The van der Waals surface area contributed by atoms with Crippen LogP contribution in [0.25, 0.3) is 0 Å². The number of halogens is 1. The Morgan fingerprint density at radius 2 is 1.75 bits per heavy atom. The number of carbonyl (C=O) groups is 1. The van der Waals surface area contributed by atoms with Gasteiger partial charge in [-0.3, -0.25) is 9.69 Å². The van der Waals surface area contributed by atoms with E-state index in [1.165, 1.54) is 5.56 Å².